The maximum Gasteiger partial charge on any atom is 0.409 e. The Morgan fingerprint density at radius 3 is 2.65 bits per heavy atom. The van der Waals surface area contributed by atoms with Crippen LogP contribution in [0.5, 0.6) is 0 Å². The molecule has 0 bridgehead atoms. The van der Waals surface area contributed by atoms with Gasteiger partial charge in [-0.3, -0.25) is 14.9 Å². The number of benzene rings is 2. The van der Waals surface area contributed by atoms with E-state index in [0.717, 1.165) is 32.4 Å². The molecule has 5 N–H and O–H groups in total. The number of anilines is 1. The zero-order valence-electron chi connectivity index (χ0n) is 23.0. The first-order valence-electron chi connectivity index (χ1n) is 13.8. The molecule has 1 aliphatic rings. The van der Waals surface area contributed by atoms with Gasteiger partial charge in [-0.15, -0.1) is 5.10 Å². The van der Waals surface area contributed by atoms with Crippen molar-refractivity contribution in [2.45, 2.75) is 31.7 Å². The van der Waals surface area contributed by atoms with Crippen LogP contribution in [0.4, 0.5) is 10.5 Å². The van der Waals surface area contributed by atoms with E-state index in [2.05, 4.69) is 41.7 Å². The highest BCUT2D eigenvalue weighted by molar-refractivity contribution is 6.30. The SMILES string of the molecule is O=C(O)Nc1ccc(-c2cc(C(CCC3CCNCC3)NC(=O)C=Cc3cc(Cl)ccc3-n3cnnn3)n[nH]c2=O)cc1. The predicted octanol–water partition coefficient (Wildman–Crippen LogP) is 3.81. The van der Waals surface area contributed by atoms with Gasteiger partial charge >= 0.3 is 6.09 Å². The van der Waals surface area contributed by atoms with E-state index in [1.807, 2.05) is 0 Å². The van der Waals surface area contributed by atoms with E-state index in [1.54, 1.807) is 54.6 Å². The molecule has 4 aromatic rings. The monoisotopic (exact) mass is 603 g/mol. The number of amides is 2. The van der Waals surface area contributed by atoms with Crippen LogP contribution in [0, 0.1) is 5.92 Å². The molecule has 222 valence electrons. The number of halogens is 1. The van der Waals surface area contributed by atoms with Crippen molar-refractivity contribution in [3.8, 4) is 16.8 Å². The fraction of sp³-hybridized carbons (Fsp3) is 0.276. The molecule has 0 spiro atoms. The van der Waals surface area contributed by atoms with Gasteiger partial charge in [0.15, 0.2) is 0 Å². The Bertz CT molecular complexity index is 1650. The Labute approximate surface area is 251 Å². The number of hydrogen-bond acceptors (Lipinski definition) is 8. The molecule has 0 aliphatic carbocycles. The molecule has 43 heavy (non-hydrogen) atoms. The van der Waals surface area contributed by atoms with Crippen molar-refractivity contribution < 1.29 is 14.7 Å². The number of tetrazole rings is 1. The summed E-state index contributed by atoms with van der Waals surface area (Å²) in [6.45, 7) is 1.92. The number of piperidine rings is 1. The lowest BCUT2D eigenvalue weighted by Gasteiger charge is -2.25. The normalized spacial score (nSPS) is 14.4. The predicted molar refractivity (Wildman–Crippen MR) is 161 cm³/mol. The Hall–Kier alpha value is -4.88. The smallest absolute Gasteiger partial charge is 0.409 e. The summed E-state index contributed by atoms with van der Waals surface area (Å²) >= 11 is 6.22. The van der Waals surface area contributed by atoms with Gasteiger partial charge in [0.25, 0.3) is 5.56 Å². The van der Waals surface area contributed by atoms with Gasteiger partial charge in [0.1, 0.15) is 6.33 Å². The van der Waals surface area contributed by atoms with Crippen molar-refractivity contribution in [1.82, 2.24) is 41.0 Å². The van der Waals surface area contributed by atoms with E-state index in [9.17, 15) is 14.4 Å². The molecule has 2 aromatic heterocycles. The lowest BCUT2D eigenvalue weighted by molar-refractivity contribution is -0.117. The maximum atomic E-state index is 13.2. The number of carbonyl (C=O) groups excluding carboxylic acids is 1. The summed E-state index contributed by atoms with van der Waals surface area (Å²) in [5.41, 5.74) is 2.72. The Morgan fingerprint density at radius 2 is 1.93 bits per heavy atom. The van der Waals surface area contributed by atoms with Crippen LogP contribution >= 0.6 is 11.6 Å². The minimum absolute atomic E-state index is 0.350. The number of carboxylic acid groups (broad SMARTS) is 1. The third-order valence-corrected chi connectivity index (χ3v) is 7.50. The topological polar surface area (TPSA) is 180 Å². The Balaban J connectivity index is 1.39. The average Bonchev–Trinajstić information content (AvgIpc) is 3.54. The van der Waals surface area contributed by atoms with Crippen LogP contribution < -0.4 is 21.5 Å². The molecule has 0 saturated carbocycles. The Morgan fingerprint density at radius 1 is 1.14 bits per heavy atom. The lowest BCUT2D eigenvalue weighted by Crippen LogP contribution is -2.31. The number of nitrogens with one attached hydrogen (secondary N) is 4. The molecule has 1 unspecified atom stereocenters. The van der Waals surface area contributed by atoms with Gasteiger partial charge in [0.05, 0.1) is 23.0 Å². The van der Waals surface area contributed by atoms with Gasteiger partial charge in [-0.1, -0.05) is 23.7 Å². The second-order valence-corrected chi connectivity index (χ2v) is 10.6. The van der Waals surface area contributed by atoms with Crippen LogP contribution in [0.1, 0.15) is 43.0 Å². The van der Waals surface area contributed by atoms with Crippen molar-refractivity contribution in [2.75, 3.05) is 18.4 Å². The van der Waals surface area contributed by atoms with E-state index in [4.69, 9.17) is 16.7 Å². The summed E-state index contributed by atoms with van der Waals surface area (Å²) < 4.78 is 1.48. The van der Waals surface area contributed by atoms with Gasteiger partial charge in [0, 0.05) is 22.3 Å². The third-order valence-electron chi connectivity index (χ3n) is 7.27. The van der Waals surface area contributed by atoms with E-state index < -0.39 is 17.7 Å². The first-order valence-corrected chi connectivity index (χ1v) is 14.2. The molecule has 3 heterocycles. The van der Waals surface area contributed by atoms with Gasteiger partial charge in [-0.25, -0.2) is 9.89 Å². The number of H-pyrrole nitrogens is 1. The summed E-state index contributed by atoms with van der Waals surface area (Å²) in [6, 6.07) is 12.8. The molecule has 1 aliphatic heterocycles. The van der Waals surface area contributed by atoms with Crippen LogP contribution in [0.3, 0.4) is 0 Å². The van der Waals surface area contributed by atoms with E-state index >= 15 is 0 Å². The molecule has 1 fully saturated rings. The molecule has 2 amide bonds. The number of rotatable bonds is 10. The minimum Gasteiger partial charge on any atom is -0.465 e. The zero-order chi connectivity index (χ0) is 30.2. The van der Waals surface area contributed by atoms with Gasteiger partial charge in [0.2, 0.25) is 5.91 Å². The fourth-order valence-electron chi connectivity index (χ4n) is 5.06. The zero-order valence-corrected chi connectivity index (χ0v) is 23.8. The second kappa shape index (κ2) is 13.9. The van der Waals surface area contributed by atoms with Crippen LogP contribution in [0.25, 0.3) is 22.9 Å². The van der Waals surface area contributed by atoms with Crippen molar-refractivity contribution in [1.29, 1.82) is 0 Å². The number of aromatic amines is 1. The number of nitrogens with zero attached hydrogens (tertiary/aromatic N) is 5. The first-order chi connectivity index (χ1) is 20.9. The Kier molecular flexibility index (Phi) is 9.54. The molecule has 1 atom stereocenters. The molecule has 0 radical (unpaired) electrons. The number of aromatic nitrogens is 6. The molecule has 14 heteroatoms. The highest BCUT2D eigenvalue weighted by Crippen LogP contribution is 2.27. The summed E-state index contributed by atoms with van der Waals surface area (Å²) in [4.78, 5) is 36.9. The lowest BCUT2D eigenvalue weighted by atomic mass is 9.90. The van der Waals surface area contributed by atoms with Crippen LogP contribution in [0.2, 0.25) is 5.02 Å². The highest BCUT2D eigenvalue weighted by Gasteiger charge is 2.21. The van der Waals surface area contributed by atoms with Crippen LogP contribution in [-0.2, 0) is 4.79 Å². The largest absolute Gasteiger partial charge is 0.465 e. The molecule has 1 saturated heterocycles. The number of hydrogen-bond donors (Lipinski definition) is 5. The van der Waals surface area contributed by atoms with Gasteiger partial charge < -0.3 is 15.7 Å². The third kappa shape index (κ3) is 7.90. The van der Waals surface area contributed by atoms with E-state index in [1.165, 1.54) is 17.1 Å². The molecular formula is C29H30ClN9O4. The summed E-state index contributed by atoms with van der Waals surface area (Å²) in [6.07, 6.45) is 6.93. The number of carbonyl (C=O) groups is 2. The molecule has 2 aromatic carbocycles. The summed E-state index contributed by atoms with van der Waals surface area (Å²) in [7, 11) is 0. The van der Waals surface area contributed by atoms with Crippen LogP contribution in [0.15, 0.2) is 65.7 Å². The van der Waals surface area contributed by atoms with Crippen molar-refractivity contribution in [2.24, 2.45) is 5.92 Å². The van der Waals surface area contributed by atoms with E-state index in [-0.39, 0.29) is 5.91 Å². The maximum absolute atomic E-state index is 13.2. The molecular weight excluding hydrogens is 574 g/mol. The molecule has 13 nitrogen and oxygen atoms in total. The first kappa shape index (κ1) is 29.6. The van der Waals surface area contributed by atoms with Crippen molar-refractivity contribution in [3.63, 3.8) is 0 Å². The second-order valence-electron chi connectivity index (χ2n) is 10.2. The van der Waals surface area contributed by atoms with Gasteiger partial charge in [-0.05, 0) is 103 Å². The van der Waals surface area contributed by atoms with Crippen molar-refractivity contribution in [3.05, 3.63) is 87.6 Å². The van der Waals surface area contributed by atoms with E-state index in [0.29, 0.717) is 51.1 Å². The van der Waals surface area contributed by atoms with Crippen molar-refractivity contribution >= 4 is 35.4 Å². The summed E-state index contributed by atoms with van der Waals surface area (Å²) in [5.74, 6) is 0.162. The standard InChI is InChI=1S/C29H30ClN9O4/c30-21-5-9-26(39-17-32-37-38-39)20(15-21)4-10-27(40)34-24(8-1-18-11-13-31-14-12-18)25-16-23(28(41)36-35-25)19-2-6-22(7-3-19)33-29(42)43/h2-7,9-10,15-18,24,31,33H,1,8,11-14H2,(H,34,40)(H,36,41)(H,42,43). The summed E-state index contributed by atoms with van der Waals surface area (Å²) in [5, 5.41) is 36.3. The van der Waals surface area contributed by atoms with Gasteiger partial charge in [-0.2, -0.15) is 9.78 Å². The quantitative estimate of drug-likeness (QED) is 0.168. The fourth-order valence-corrected chi connectivity index (χ4v) is 5.24. The van der Waals surface area contributed by atoms with Crippen LogP contribution in [-0.4, -0.2) is 60.6 Å². The molecule has 5 rings (SSSR count). The average molecular weight is 604 g/mol. The minimum atomic E-state index is -1.18. The highest BCUT2D eigenvalue weighted by atomic mass is 35.5.